The number of hydrogen-bond acceptors (Lipinski definition) is 5. The largest absolute Gasteiger partial charge is 0.382 e. The van der Waals surface area contributed by atoms with E-state index in [0.29, 0.717) is 17.3 Å². The van der Waals surface area contributed by atoms with Gasteiger partial charge in [-0.2, -0.15) is 5.26 Å². The van der Waals surface area contributed by atoms with Crippen LogP contribution < -0.4 is 15.9 Å². The second-order valence-electron chi connectivity index (χ2n) is 5.64. The van der Waals surface area contributed by atoms with Crippen LogP contribution in [0.3, 0.4) is 0 Å². The molecule has 1 aliphatic carbocycles. The van der Waals surface area contributed by atoms with E-state index >= 15 is 0 Å². The molecule has 1 aromatic heterocycles. The summed E-state index contributed by atoms with van der Waals surface area (Å²) in [6.07, 6.45) is 5.53. The highest BCUT2D eigenvalue weighted by atomic mass is 127. The van der Waals surface area contributed by atoms with Crippen LogP contribution in [0.25, 0.3) is 12.2 Å². The summed E-state index contributed by atoms with van der Waals surface area (Å²) < 4.78 is 15.8. The summed E-state index contributed by atoms with van der Waals surface area (Å²) in [5.41, 5.74) is 0.551. The number of hydrogen-bond donors (Lipinski definition) is 1. The van der Waals surface area contributed by atoms with Crippen LogP contribution in [0.2, 0.25) is 0 Å². The number of nitriles is 1. The van der Waals surface area contributed by atoms with Crippen molar-refractivity contribution in [2.24, 2.45) is 0 Å². The van der Waals surface area contributed by atoms with Crippen LogP contribution in [0.4, 0.5) is 4.39 Å². The monoisotopic (exact) mass is 486 g/mol. The maximum atomic E-state index is 14.1. The topological polar surface area (TPSA) is 78.1 Å². The van der Waals surface area contributed by atoms with E-state index in [-0.39, 0.29) is 24.1 Å². The second kappa shape index (κ2) is 9.05. The molecule has 0 radical (unpaired) electrons. The molecule has 26 heavy (non-hydrogen) atoms. The molecule has 0 saturated carbocycles. The lowest BCUT2D eigenvalue weighted by molar-refractivity contribution is -0.109. The number of ketones is 1. The van der Waals surface area contributed by atoms with Gasteiger partial charge in [-0.25, -0.2) is 4.39 Å². The van der Waals surface area contributed by atoms with Gasteiger partial charge < -0.3 is 10.2 Å². The predicted molar refractivity (Wildman–Crippen MR) is 108 cm³/mol. The van der Waals surface area contributed by atoms with Crippen molar-refractivity contribution in [3.8, 4) is 6.07 Å². The fourth-order valence-corrected chi connectivity index (χ4v) is 4.24. The molecule has 9 heteroatoms. The SMILES string of the molecule is CN(C)/C=C(\C#N)C(=O)c1c/c2c(n1SI)=CC/C(NC=O)=C(/F)C\C=2. The Morgan fingerprint density at radius 3 is 2.77 bits per heavy atom. The van der Waals surface area contributed by atoms with E-state index < -0.39 is 11.6 Å². The summed E-state index contributed by atoms with van der Waals surface area (Å²) in [6, 6.07) is 3.59. The summed E-state index contributed by atoms with van der Waals surface area (Å²) >= 11 is 2.05. The van der Waals surface area contributed by atoms with E-state index in [1.54, 1.807) is 41.2 Å². The highest BCUT2D eigenvalue weighted by Gasteiger charge is 2.19. The van der Waals surface area contributed by atoms with Crippen LogP contribution >= 0.6 is 30.3 Å². The maximum absolute atomic E-state index is 14.1. The number of halogens is 2. The molecule has 136 valence electrons. The Kier molecular flexibility index (Phi) is 7.05. The Labute approximate surface area is 166 Å². The molecule has 1 N–H and O–H groups in total. The molecular formula is C17H16FIN4O2S. The average Bonchev–Trinajstić information content (AvgIpc) is 2.96. The number of aromatic nitrogens is 1. The van der Waals surface area contributed by atoms with Gasteiger partial charge in [0, 0.05) is 63.5 Å². The lowest BCUT2D eigenvalue weighted by atomic mass is 10.1. The number of fused-ring (bicyclic) bond motifs is 1. The first kappa shape index (κ1) is 20.3. The van der Waals surface area contributed by atoms with Crippen molar-refractivity contribution in [2.75, 3.05) is 14.1 Å². The second-order valence-corrected chi connectivity index (χ2v) is 7.33. The van der Waals surface area contributed by atoms with Crippen LogP contribution in [0.15, 0.2) is 29.4 Å². The minimum atomic E-state index is -0.424. The van der Waals surface area contributed by atoms with Gasteiger partial charge in [0.25, 0.3) is 0 Å². The van der Waals surface area contributed by atoms with Gasteiger partial charge in [-0.05, 0) is 11.3 Å². The zero-order valence-electron chi connectivity index (χ0n) is 14.1. The smallest absolute Gasteiger partial charge is 0.222 e. The van der Waals surface area contributed by atoms with Gasteiger partial charge >= 0.3 is 0 Å². The molecule has 0 saturated heterocycles. The van der Waals surface area contributed by atoms with E-state index in [0.717, 1.165) is 5.35 Å². The molecule has 0 aliphatic heterocycles. The number of allylic oxidation sites excluding steroid dienone is 3. The van der Waals surface area contributed by atoms with Crippen molar-refractivity contribution in [1.82, 2.24) is 14.2 Å². The van der Waals surface area contributed by atoms with E-state index in [2.05, 4.69) is 5.32 Å². The van der Waals surface area contributed by atoms with Crippen molar-refractivity contribution in [1.29, 1.82) is 5.26 Å². The van der Waals surface area contributed by atoms with E-state index in [4.69, 9.17) is 0 Å². The normalized spacial score (nSPS) is 18.3. The number of nitrogens with zero attached hydrogens (tertiary/aromatic N) is 3. The lowest BCUT2D eigenvalue weighted by Crippen LogP contribution is -2.28. The predicted octanol–water partition coefficient (Wildman–Crippen LogP) is 1.77. The molecule has 2 rings (SSSR count). The van der Waals surface area contributed by atoms with Crippen LogP contribution in [-0.2, 0) is 4.79 Å². The van der Waals surface area contributed by atoms with E-state index in [1.165, 1.54) is 15.3 Å². The number of carbonyl (C=O) groups excluding carboxylic acids is 2. The van der Waals surface area contributed by atoms with Crippen molar-refractivity contribution < 1.29 is 14.0 Å². The fourth-order valence-electron chi connectivity index (χ4n) is 2.50. The molecule has 1 aliphatic rings. The number of amides is 1. The molecular weight excluding hydrogens is 470 g/mol. The average molecular weight is 486 g/mol. The standard InChI is InChI=1S/C17H16FIN4O2S/c1-22(2)9-12(8-20)17(25)16-7-11-3-4-13(18)14(21-10-24)5-6-15(11)23(16)26-19/h3,6-7,9-10H,4-5H2,1-2H3,(H,21,24)/b11-3-,12-9+,14-13-,15-6?. The third kappa shape index (κ3) is 4.37. The summed E-state index contributed by atoms with van der Waals surface area (Å²) in [5.74, 6) is -0.828. The van der Waals surface area contributed by atoms with Crippen molar-refractivity contribution in [2.45, 2.75) is 12.8 Å². The zero-order chi connectivity index (χ0) is 19.3. The molecule has 0 unspecified atom stereocenters. The number of nitrogens with one attached hydrogen (secondary N) is 1. The van der Waals surface area contributed by atoms with E-state index in [9.17, 15) is 19.2 Å². The summed E-state index contributed by atoms with van der Waals surface area (Å²) in [5, 5.41) is 13.1. The highest BCUT2D eigenvalue weighted by Crippen LogP contribution is 2.19. The van der Waals surface area contributed by atoms with Gasteiger partial charge in [0.1, 0.15) is 23.2 Å². The summed E-state index contributed by atoms with van der Waals surface area (Å²) in [7, 11) is 4.75. The summed E-state index contributed by atoms with van der Waals surface area (Å²) in [6.45, 7) is 0. The molecule has 1 heterocycles. The first-order chi connectivity index (χ1) is 12.4. The van der Waals surface area contributed by atoms with Crippen molar-refractivity contribution in [3.63, 3.8) is 0 Å². The van der Waals surface area contributed by atoms with Crippen molar-refractivity contribution in [3.05, 3.63) is 45.6 Å². The van der Waals surface area contributed by atoms with Gasteiger partial charge in [-0.15, -0.1) is 0 Å². The maximum Gasteiger partial charge on any atom is 0.222 e. The Morgan fingerprint density at radius 2 is 2.19 bits per heavy atom. The molecule has 0 atom stereocenters. The quantitative estimate of drug-likeness (QED) is 0.218. The van der Waals surface area contributed by atoms with Gasteiger partial charge in [0.2, 0.25) is 12.2 Å². The Balaban J connectivity index is 2.60. The Bertz CT molecular complexity index is 957. The molecule has 6 nitrogen and oxygen atoms in total. The summed E-state index contributed by atoms with van der Waals surface area (Å²) in [4.78, 5) is 25.1. The Morgan fingerprint density at radius 1 is 1.46 bits per heavy atom. The van der Waals surface area contributed by atoms with E-state index in [1.807, 2.05) is 27.3 Å². The van der Waals surface area contributed by atoms with Gasteiger partial charge in [0.15, 0.2) is 0 Å². The lowest BCUT2D eigenvalue weighted by Gasteiger charge is -2.08. The van der Waals surface area contributed by atoms with Crippen LogP contribution in [0, 0.1) is 11.3 Å². The highest BCUT2D eigenvalue weighted by molar-refractivity contribution is 14.2. The van der Waals surface area contributed by atoms with Crippen LogP contribution in [0.5, 0.6) is 0 Å². The van der Waals surface area contributed by atoms with Crippen LogP contribution in [-0.4, -0.2) is 35.2 Å². The minimum absolute atomic E-state index is 0.0131. The third-order valence-corrected chi connectivity index (χ3v) is 5.35. The number of Topliss-reactive ketones (excluding diaryl/α,β-unsaturated/α-hetero) is 1. The van der Waals surface area contributed by atoms with Crippen LogP contribution in [0.1, 0.15) is 23.3 Å². The molecule has 0 spiro atoms. The number of rotatable bonds is 6. The fraction of sp³-hybridized carbons (Fsp3) is 0.235. The van der Waals surface area contributed by atoms with Gasteiger partial charge in [0.05, 0.1) is 11.0 Å². The zero-order valence-corrected chi connectivity index (χ0v) is 17.1. The molecule has 1 aromatic rings. The van der Waals surface area contributed by atoms with Crippen molar-refractivity contribution >= 4 is 54.7 Å². The first-order valence-electron chi connectivity index (χ1n) is 7.54. The molecule has 0 aromatic carbocycles. The first-order valence-corrected chi connectivity index (χ1v) is 10.9. The van der Waals surface area contributed by atoms with Gasteiger partial charge in [-0.1, -0.05) is 12.2 Å². The van der Waals surface area contributed by atoms with Gasteiger partial charge in [-0.3, -0.25) is 13.6 Å². The molecule has 0 bridgehead atoms. The third-order valence-electron chi connectivity index (χ3n) is 3.64. The molecule has 0 fully saturated rings. The molecule has 1 amide bonds. The number of carbonyl (C=O) groups is 2. The minimum Gasteiger partial charge on any atom is -0.382 e. The Hall–Kier alpha value is -2.06.